The van der Waals surface area contributed by atoms with E-state index in [1.807, 2.05) is 38.1 Å². The molecule has 0 aliphatic rings. The van der Waals surface area contributed by atoms with Crippen molar-refractivity contribution in [1.29, 1.82) is 0 Å². The molecule has 0 saturated heterocycles. The van der Waals surface area contributed by atoms with Crippen LogP contribution in [-0.2, 0) is 4.79 Å². The Morgan fingerprint density at radius 3 is 2.50 bits per heavy atom. The second kappa shape index (κ2) is 4.64. The molecule has 1 aromatic heterocycles. The van der Waals surface area contributed by atoms with Crippen LogP contribution in [0.25, 0.3) is 16.6 Å². The molecule has 0 spiro atoms. The van der Waals surface area contributed by atoms with Crippen molar-refractivity contribution < 1.29 is 4.79 Å². The summed E-state index contributed by atoms with van der Waals surface area (Å²) in [7, 11) is 3.50. The molecular formula is C14H17N3O. The summed E-state index contributed by atoms with van der Waals surface area (Å²) >= 11 is 0. The van der Waals surface area contributed by atoms with Crippen LogP contribution in [-0.4, -0.2) is 34.9 Å². The van der Waals surface area contributed by atoms with Crippen LogP contribution in [0.5, 0.6) is 0 Å². The topological polar surface area (TPSA) is 49.0 Å². The van der Waals surface area contributed by atoms with E-state index in [4.69, 9.17) is 0 Å². The minimum absolute atomic E-state index is 0.00737. The lowest BCUT2D eigenvalue weighted by Crippen LogP contribution is -2.23. The van der Waals surface area contributed by atoms with Crippen LogP contribution in [0.3, 0.4) is 0 Å². The molecule has 1 heterocycles. The summed E-state index contributed by atoms with van der Waals surface area (Å²) < 4.78 is 0. The lowest BCUT2D eigenvalue weighted by Gasteiger charge is -2.12. The number of aromatic nitrogens is 2. The lowest BCUT2D eigenvalue weighted by molar-refractivity contribution is -0.124. The summed E-state index contributed by atoms with van der Waals surface area (Å²) in [6, 6.07) is 7.83. The van der Waals surface area contributed by atoms with Gasteiger partial charge in [-0.25, -0.2) is 4.98 Å². The van der Waals surface area contributed by atoms with E-state index in [0.717, 1.165) is 22.4 Å². The van der Waals surface area contributed by atoms with Gasteiger partial charge in [0.25, 0.3) is 0 Å². The molecule has 0 saturated carbocycles. The van der Waals surface area contributed by atoms with Gasteiger partial charge in [0.2, 0.25) is 5.91 Å². The zero-order valence-electron chi connectivity index (χ0n) is 11.1. The highest BCUT2D eigenvalue weighted by atomic mass is 16.2. The summed E-state index contributed by atoms with van der Waals surface area (Å²) in [4.78, 5) is 21.2. The van der Waals surface area contributed by atoms with E-state index in [1.165, 1.54) is 0 Å². The number of rotatable bonds is 2. The third-order valence-electron chi connectivity index (χ3n) is 3.03. The molecule has 2 aromatic rings. The quantitative estimate of drug-likeness (QED) is 0.824. The summed E-state index contributed by atoms with van der Waals surface area (Å²) in [6.45, 7) is 3.74. The Bertz CT molecular complexity index is 590. The van der Waals surface area contributed by atoms with Crippen LogP contribution in [0.4, 0.5) is 0 Å². The van der Waals surface area contributed by atoms with E-state index < -0.39 is 0 Å². The van der Waals surface area contributed by atoms with Crippen LogP contribution in [0.15, 0.2) is 29.8 Å². The smallest absolute Gasteiger partial charge is 0.249 e. The molecule has 0 fully saturated rings. The van der Waals surface area contributed by atoms with Crippen molar-refractivity contribution in [2.75, 3.05) is 14.1 Å². The van der Waals surface area contributed by atoms with Gasteiger partial charge in [0.05, 0.1) is 11.0 Å². The van der Waals surface area contributed by atoms with Gasteiger partial charge in [-0.1, -0.05) is 12.1 Å². The van der Waals surface area contributed by atoms with Crippen molar-refractivity contribution in [2.24, 2.45) is 0 Å². The highest BCUT2D eigenvalue weighted by molar-refractivity contribution is 5.99. The number of nitrogens with zero attached hydrogens (tertiary/aromatic N) is 2. The highest BCUT2D eigenvalue weighted by Gasteiger charge is 2.13. The lowest BCUT2D eigenvalue weighted by atomic mass is 10.1. The summed E-state index contributed by atoms with van der Waals surface area (Å²) in [5.74, 6) is 0.761. The van der Waals surface area contributed by atoms with Crippen LogP contribution in [0.1, 0.15) is 19.7 Å². The van der Waals surface area contributed by atoms with Crippen molar-refractivity contribution in [3.8, 4) is 0 Å². The van der Waals surface area contributed by atoms with E-state index >= 15 is 0 Å². The fourth-order valence-electron chi connectivity index (χ4n) is 1.80. The standard InChI is InChI=1S/C14H17N3O/c1-9(10(2)14(18)17(3)4)13-15-11-7-5-6-8-12(11)16-13/h5-8H,1-4H3,(H,15,16). The predicted octanol–water partition coefficient (Wildman–Crippen LogP) is 2.44. The first-order valence-electron chi connectivity index (χ1n) is 5.85. The van der Waals surface area contributed by atoms with E-state index in [2.05, 4.69) is 9.97 Å². The van der Waals surface area contributed by atoms with E-state index in [9.17, 15) is 4.79 Å². The van der Waals surface area contributed by atoms with Crippen LogP contribution < -0.4 is 0 Å². The first-order valence-corrected chi connectivity index (χ1v) is 5.85. The number of imidazole rings is 1. The molecule has 4 nitrogen and oxygen atoms in total. The van der Waals surface area contributed by atoms with Crippen molar-refractivity contribution in [3.05, 3.63) is 35.7 Å². The minimum atomic E-state index is 0.00737. The van der Waals surface area contributed by atoms with Gasteiger partial charge in [0.1, 0.15) is 5.82 Å². The molecule has 4 heteroatoms. The predicted molar refractivity (Wildman–Crippen MR) is 73.1 cm³/mol. The minimum Gasteiger partial charge on any atom is -0.345 e. The monoisotopic (exact) mass is 243 g/mol. The van der Waals surface area contributed by atoms with Gasteiger partial charge in [0, 0.05) is 25.2 Å². The highest BCUT2D eigenvalue weighted by Crippen LogP contribution is 2.19. The van der Waals surface area contributed by atoms with Crippen molar-refractivity contribution >= 4 is 22.5 Å². The number of allylic oxidation sites excluding steroid dienone is 1. The average Bonchev–Trinajstić information content (AvgIpc) is 2.79. The number of H-pyrrole nitrogens is 1. The number of aromatic amines is 1. The van der Waals surface area contributed by atoms with Crippen molar-refractivity contribution in [1.82, 2.24) is 14.9 Å². The number of likely N-dealkylation sites (N-methyl/N-ethyl adjacent to an activating group) is 1. The fourth-order valence-corrected chi connectivity index (χ4v) is 1.80. The Labute approximate surface area is 106 Å². The maximum Gasteiger partial charge on any atom is 0.249 e. The molecule has 0 aliphatic heterocycles. The number of fused-ring (bicyclic) bond motifs is 1. The molecule has 0 unspecified atom stereocenters. The number of carbonyl (C=O) groups excluding carboxylic acids is 1. The van der Waals surface area contributed by atoms with Gasteiger partial charge in [-0.3, -0.25) is 4.79 Å². The third kappa shape index (κ3) is 2.14. The maximum absolute atomic E-state index is 11.9. The zero-order valence-corrected chi connectivity index (χ0v) is 11.1. The Morgan fingerprint density at radius 2 is 1.89 bits per heavy atom. The number of benzene rings is 1. The van der Waals surface area contributed by atoms with E-state index in [-0.39, 0.29) is 5.91 Å². The first kappa shape index (κ1) is 12.4. The van der Waals surface area contributed by atoms with E-state index in [1.54, 1.807) is 19.0 Å². The molecule has 1 aromatic carbocycles. The van der Waals surface area contributed by atoms with Gasteiger partial charge in [-0.2, -0.15) is 0 Å². The molecule has 2 rings (SSSR count). The molecule has 94 valence electrons. The Balaban J connectivity index is 2.47. The van der Waals surface area contributed by atoms with Gasteiger partial charge < -0.3 is 9.88 Å². The number of amides is 1. The number of hydrogen-bond acceptors (Lipinski definition) is 2. The Kier molecular flexibility index (Phi) is 3.19. The number of nitrogens with one attached hydrogen (secondary N) is 1. The normalized spacial score (nSPS) is 12.4. The number of carbonyl (C=O) groups is 1. The maximum atomic E-state index is 11.9. The molecule has 0 radical (unpaired) electrons. The SMILES string of the molecule is CC(C(=O)N(C)C)=C(C)c1nc2ccccc2[nH]1. The summed E-state index contributed by atoms with van der Waals surface area (Å²) in [5, 5.41) is 0. The molecule has 1 amide bonds. The molecule has 0 atom stereocenters. The first-order chi connectivity index (χ1) is 8.50. The largest absolute Gasteiger partial charge is 0.345 e. The number of para-hydroxylation sites is 2. The molecule has 1 N–H and O–H groups in total. The van der Waals surface area contributed by atoms with Crippen LogP contribution in [0.2, 0.25) is 0 Å². The van der Waals surface area contributed by atoms with E-state index in [0.29, 0.717) is 5.57 Å². The number of hydrogen-bond donors (Lipinski definition) is 1. The van der Waals surface area contributed by atoms with Gasteiger partial charge in [-0.05, 0) is 26.0 Å². The average molecular weight is 243 g/mol. The van der Waals surface area contributed by atoms with Crippen LogP contribution >= 0.6 is 0 Å². The molecular weight excluding hydrogens is 226 g/mol. The fraction of sp³-hybridized carbons (Fsp3) is 0.286. The second-order valence-corrected chi connectivity index (χ2v) is 4.55. The van der Waals surface area contributed by atoms with Crippen molar-refractivity contribution in [3.63, 3.8) is 0 Å². The molecule has 0 bridgehead atoms. The molecule has 18 heavy (non-hydrogen) atoms. The summed E-state index contributed by atoms with van der Waals surface area (Å²) in [6.07, 6.45) is 0. The summed E-state index contributed by atoms with van der Waals surface area (Å²) in [5.41, 5.74) is 3.48. The molecule has 0 aliphatic carbocycles. The van der Waals surface area contributed by atoms with Gasteiger partial charge >= 0.3 is 0 Å². The van der Waals surface area contributed by atoms with Gasteiger partial charge in [-0.15, -0.1) is 0 Å². The van der Waals surface area contributed by atoms with Crippen molar-refractivity contribution in [2.45, 2.75) is 13.8 Å². The van der Waals surface area contributed by atoms with Crippen LogP contribution in [0, 0.1) is 0 Å². The Morgan fingerprint density at radius 1 is 1.22 bits per heavy atom. The second-order valence-electron chi connectivity index (χ2n) is 4.55. The zero-order chi connectivity index (χ0) is 13.3. The third-order valence-corrected chi connectivity index (χ3v) is 3.03. The Hall–Kier alpha value is -2.10. The van der Waals surface area contributed by atoms with Gasteiger partial charge in [0.15, 0.2) is 0 Å².